The van der Waals surface area contributed by atoms with Gasteiger partial charge in [-0.25, -0.2) is 4.98 Å². The molecular weight excluding hydrogens is 424 g/mol. The smallest absolute Gasteiger partial charge is 0.289 e. The normalized spacial score (nSPS) is 18.8. The van der Waals surface area contributed by atoms with Crippen molar-refractivity contribution >= 4 is 11.8 Å². The van der Waals surface area contributed by atoms with Gasteiger partial charge in [-0.1, -0.05) is 60.7 Å². The lowest BCUT2D eigenvalue weighted by Gasteiger charge is -2.32. The molecule has 1 saturated carbocycles. The fraction of sp³-hybridized carbons (Fsp3) is 0.393. The summed E-state index contributed by atoms with van der Waals surface area (Å²) in [7, 11) is 0. The molecule has 1 saturated heterocycles. The number of rotatable bonds is 7. The van der Waals surface area contributed by atoms with Gasteiger partial charge in [-0.3, -0.25) is 9.59 Å². The number of benzene rings is 2. The first-order valence-electron chi connectivity index (χ1n) is 12.2. The molecule has 5 rings (SSSR count). The van der Waals surface area contributed by atoms with Crippen molar-refractivity contribution in [3.63, 3.8) is 0 Å². The number of imidazole rings is 1. The van der Waals surface area contributed by atoms with Crippen molar-refractivity contribution in [1.29, 1.82) is 0 Å². The van der Waals surface area contributed by atoms with Gasteiger partial charge in [0.15, 0.2) is 5.82 Å². The molecule has 2 N–H and O–H groups in total. The zero-order valence-corrected chi connectivity index (χ0v) is 19.7. The Hall–Kier alpha value is -3.41. The first-order chi connectivity index (χ1) is 16.6. The number of aromatic amines is 1. The summed E-state index contributed by atoms with van der Waals surface area (Å²) in [5.74, 6) is 0.863. The summed E-state index contributed by atoms with van der Waals surface area (Å²) in [6.07, 6.45) is 5.24. The molecule has 2 aliphatic rings. The van der Waals surface area contributed by atoms with Crippen LogP contribution in [-0.4, -0.2) is 46.3 Å². The lowest BCUT2D eigenvalue weighted by Crippen LogP contribution is -2.41. The van der Waals surface area contributed by atoms with Crippen LogP contribution < -0.4 is 5.32 Å². The molecular formula is C28H32N4O2. The number of nitrogens with one attached hydrogen (secondary N) is 2. The molecule has 2 heterocycles. The zero-order chi connectivity index (χ0) is 23.5. The first-order valence-corrected chi connectivity index (χ1v) is 12.2. The lowest BCUT2D eigenvalue weighted by atomic mass is 9.88. The Kier molecular flexibility index (Phi) is 6.22. The van der Waals surface area contributed by atoms with Gasteiger partial charge in [-0.05, 0) is 49.1 Å². The van der Waals surface area contributed by atoms with Gasteiger partial charge in [0.05, 0.1) is 0 Å². The van der Waals surface area contributed by atoms with Gasteiger partial charge in [0, 0.05) is 43.4 Å². The third-order valence-corrected chi connectivity index (χ3v) is 7.59. The van der Waals surface area contributed by atoms with E-state index >= 15 is 0 Å². The van der Waals surface area contributed by atoms with Crippen molar-refractivity contribution in [3.05, 3.63) is 89.5 Å². The fourth-order valence-electron chi connectivity index (χ4n) is 5.46. The summed E-state index contributed by atoms with van der Waals surface area (Å²) in [5, 5.41) is 3.21. The summed E-state index contributed by atoms with van der Waals surface area (Å²) in [4.78, 5) is 34.7. The van der Waals surface area contributed by atoms with Crippen LogP contribution in [0, 0.1) is 18.3 Å². The second-order valence-electron chi connectivity index (χ2n) is 9.78. The molecule has 2 amide bonds. The molecule has 0 unspecified atom stereocenters. The summed E-state index contributed by atoms with van der Waals surface area (Å²) in [6, 6.07) is 21.0. The van der Waals surface area contributed by atoms with Crippen LogP contribution in [0.25, 0.3) is 0 Å². The molecule has 1 spiro atoms. The highest BCUT2D eigenvalue weighted by Crippen LogP contribution is 2.59. The van der Waals surface area contributed by atoms with E-state index in [1.54, 1.807) is 6.20 Å². The largest absolute Gasteiger partial charge is 0.356 e. The Morgan fingerprint density at radius 3 is 2.24 bits per heavy atom. The molecule has 34 heavy (non-hydrogen) atoms. The number of nitrogens with zero attached hydrogens (tertiary/aromatic N) is 2. The van der Waals surface area contributed by atoms with Crippen LogP contribution in [0.1, 0.15) is 59.0 Å². The number of likely N-dealkylation sites (tertiary alicyclic amines) is 1. The van der Waals surface area contributed by atoms with Crippen molar-refractivity contribution in [2.45, 2.75) is 38.5 Å². The number of carbonyl (C=O) groups is 2. The van der Waals surface area contributed by atoms with E-state index in [9.17, 15) is 9.59 Å². The van der Waals surface area contributed by atoms with Crippen LogP contribution in [0.5, 0.6) is 0 Å². The van der Waals surface area contributed by atoms with Crippen molar-refractivity contribution in [3.8, 4) is 0 Å². The highest BCUT2D eigenvalue weighted by atomic mass is 16.2. The second-order valence-corrected chi connectivity index (χ2v) is 9.78. The van der Waals surface area contributed by atoms with Crippen molar-refractivity contribution in [1.82, 2.24) is 20.2 Å². The monoisotopic (exact) mass is 456 g/mol. The maximum absolute atomic E-state index is 13.0. The van der Waals surface area contributed by atoms with Gasteiger partial charge in [0.2, 0.25) is 5.91 Å². The molecule has 1 atom stereocenters. The Labute approximate surface area is 200 Å². The molecule has 1 aromatic heterocycles. The molecule has 2 fully saturated rings. The molecule has 2 aromatic carbocycles. The summed E-state index contributed by atoms with van der Waals surface area (Å²) in [6.45, 7) is 3.92. The average molecular weight is 457 g/mol. The van der Waals surface area contributed by atoms with E-state index in [0.29, 0.717) is 25.5 Å². The molecule has 6 nitrogen and oxygen atoms in total. The minimum absolute atomic E-state index is 0.0440. The lowest BCUT2D eigenvalue weighted by molar-refractivity contribution is -0.123. The van der Waals surface area contributed by atoms with Crippen LogP contribution in [0.3, 0.4) is 0 Å². The van der Waals surface area contributed by atoms with E-state index in [2.05, 4.69) is 63.8 Å². The SMILES string of the molecule is Cc1cnc(C(=O)N2CCC3(CC2)C[C@@H]3C(=O)NCCC(c2ccccc2)c2ccccc2)[nH]1. The Morgan fingerprint density at radius 2 is 1.68 bits per heavy atom. The number of piperidine rings is 1. The van der Waals surface area contributed by atoms with Crippen molar-refractivity contribution in [2.75, 3.05) is 19.6 Å². The number of carbonyl (C=O) groups excluding carboxylic acids is 2. The number of amides is 2. The van der Waals surface area contributed by atoms with Gasteiger partial charge in [0.25, 0.3) is 5.91 Å². The maximum Gasteiger partial charge on any atom is 0.289 e. The van der Waals surface area contributed by atoms with E-state index < -0.39 is 0 Å². The summed E-state index contributed by atoms with van der Waals surface area (Å²) in [5.41, 5.74) is 3.50. The number of aromatic nitrogens is 2. The van der Waals surface area contributed by atoms with E-state index in [1.165, 1.54) is 11.1 Å². The molecule has 1 aliphatic heterocycles. The second kappa shape index (κ2) is 9.45. The maximum atomic E-state index is 13.0. The van der Waals surface area contributed by atoms with E-state index in [1.807, 2.05) is 24.0 Å². The fourth-order valence-corrected chi connectivity index (χ4v) is 5.46. The number of aryl methyl sites for hydroxylation is 1. The summed E-state index contributed by atoms with van der Waals surface area (Å²) >= 11 is 0. The minimum Gasteiger partial charge on any atom is -0.356 e. The standard InChI is InChI=1S/C28H32N4O2/c1-20-19-30-25(31-20)27(34)32-16-13-28(14-17-32)18-24(28)26(33)29-15-12-23(21-8-4-2-5-9-21)22-10-6-3-7-11-22/h2-11,19,23-24H,12-18H2,1H3,(H,29,33)(H,30,31)/t24-/m1/s1. The van der Waals surface area contributed by atoms with Crippen LogP contribution in [0.2, 0.25) is 0 Å². The third-order valence-electron chi connectivity index (χ3n) is 7.59. The summed E-state index contributed by atoms with van der Waals surface area (Å²) < 4.78 is 0. The predicted molar refractivity (Wildman–Crippen MR) is 131 cm³/mol. The van der Waals surface area contributed by atoms with E-state index in [-0.39, 0.29) is 29.1 Å². The molecule has 0 bridgehead atoms. The van der Waals surface area contributed by atoms with E-state index in [0.717, 1.165) is 31.4 Å². The van der Waals surface area contributed by atoms with Gasteiger partial charge in [0.1, 0.15) is 0 Å². The Morgan fingerprint density at radius 1 is 1.06 bits per heavy atom. The van der Waals surface area contributed by atoms with Crippen LogP contribution in [0.4, 0.5) is 0 Å². The Balaban J connectivity index is 1.13. The first kappa shape index (κ1) is 22.4. The van der Waals surface area contributed by atoms with Gasteiger partial charge < -0.3 is 15.2 Å². The Bertz CT molecular complexity index is 1090. The molecule has 3 aromatic rings. The van der Waals surface area contributed by atoms with Crippen LogP contribution in [-0.2, 0) is 4.79 Å². The topological polar surface area (TPSA) is 78.1 Å². The van der Waals surface area contributed by atoms with E-state index in [4.69, 9.17) is 0 Å². The third kappa shape index (κ3) is 4.63. The number of hydrogen-bond acceptors (Lipinski definition) is 3. The number of H-pyrrole nitrogens is 1. The van der Waals surface area contributed by atoms with Crippen LogP contribution in [0.15, 0.2) is 66.9 Å². The molecule has 1 aliphatic carbocycles. The average Bonchev–Trinajstić information content (AvgIpc) is 3.40. The predicted octanol–water partition coefficient (Wildman–Crippen LogP) is 4.30. The molecule has 6 heteroatoms. The zero-order valence-electron chi connectivity index (χ0n) is 19.7. The van der Waals surface area contributed by atoms with Gasteiger partial charge in [-0.2, -0.15) is 0 Å². The quantitative estimate of drug-likeness (QED) is 0.556. The minimum atomic E-state index is -0.0440. The van der Waals surface area contributed by atoms with Gasteiger partial charge in [-0.15, -0.1) is 0 Å². The highest BCUT2D eigenvalue weighted by molar-refractivity contribution is 5.90. The van der Waals surface area contributed by atoms with Crippen molar-refractivity contribution < 1.29 is 9.59 Å². The molecule has 0 radical (unpaired) electrons. The molecule has 176 valence electrons. The van der Waals surface area contributed by atoms with Gasteiger partial charge >= 0.3 is 0 Å². The van der Waals surface area contributed by atoms with Crippen molar-refractivity contribution in [2.24, 2.45) is 11.3 Å². The van der Waals surface area contributed by atoms with Crippen LogP contribution >= 0.6 is 0 Å². The highest BCUT2D eigenvalue weighted by Gasteiger charge is 2.58. The number of hydrogen-bond donors (Lipinski definition) is 2.